The number of hydrogen-bond donors (Lipinski definition) is 2. The molecule has 9 heteroatoms. The van der Waals surface area contributed by atoms with E-state index in [0.29, 0.717) is 39.1 Å². The van der Waals surface area contributed by atoms with Gasteiger partial charge in [0.1, 0.15) is 40.2 Å². The lowest BCUT2D eigenvalue weighted by molar-refractivity contribution is 0.129. The van der Waals surface area contributed by atoms with Gasteiger partial charge in [-0.15, -0.1) is 0 Å². The number of aromatic nitrogens is 2. The summed E-state index contributed by atoms with van der Waals surface area (Å²) in [5.74, 6) is 1.84. The molecular formula is C22H25N3O5S. The number of H-pyrrole nitrogens is 1. The number of aromatic amines is 1. The third kappa shape index (κ3) is 5.78. The molecule has 0 aliphatic heterocycles. The van der Waals surface area contributed by atoms with Gasteiger partial charge in [-0.2, -0.15) is 0 Å². The van der Waals surface area contributed by atoms with Crippen molar-refractivity contribution in [1.29, 1.82) is 0 Å². The summed E-state index contributed by atoms with van der Waals surface area (Å²) in [5.41, 5.74) is 0.879. The van der Waals surface area contributed by atoms with Crippen LogP contribution in [0.4, 0.5) is 0 Å². The van der Waals surface area contributed by atoms with E-state index in [2.05, 4.69) is 9.97 Å². The van der Waals surface area contributed by atoms with Crippen molar-refractivity contribution in [3.63, 3.8) is 0 Å². The predicted molar refractivity (Wildman–Crippen MR) is 119 cm³/mol. The largest absolute Gasteiger partial charge is 0.488 e. The zero-order valence-corrected chi connectivity index (χ0v) is 18.6. The Bertz CT molecular complexity index is 1130. The Morgan fingerprint density at radius 3 is 2.42 bits per heavy atom. The molecule has 1 aromatic heterocycles. The predicted octanol–water partition coefficient (Wildman–Crippen LogP) is 2.88. The van der Waals surface area contributed by atoms with E-state index >= 15 is 0 Å². The van der Waals surface area contributed by atoms with Crippen molar-refractivity contribution in [3.05, 3.63) is 64.6 Å². The van der Waals surface area contributed by atoms with E-state index in [1.54, 1.807) is 74.7 Å². The van der Waals surface area contributed by atoms with E-state index < -0.39 is 17.1 Å². The van der Waals surface area contributed by atoms with Gasteiger partial charge in [0.15, 0.2) is 0 Å². The highest BCUT2D eigenvalue weighted by atomic mass is 32.2. The minimum Gasteiger partial charge on any atom is -0.488 e. The van der Waals surface area contributed by atoms with Crippen molar-refractivity contribution in [3.8, 4) is 28.6 Å². The summed E-state index contributed by atoms with van der Waals surface area (Å²) >= 11 is 0. The number of aryl methyl sites for hydroxylation is 1. The Balaban J connectivity index is 1.94. The quantitative estimate of drug-likeness (QED) is 0.555. The molecule has 0 aliphatic carbocycles. The molecule has 0 radical (unpaired) electrons. The average Bonchev–Trinajstić information content (AvgIpc) is 2.75. The summed E-state index contributed by atoms with van der Waals surface area (Å²) in [6, 6.07) is 12.1. The van der Waals surface area contributed by atoms with Gasteiger partial charge < -0.3 is 19.6 Å². The van der Waals surface area contributed by atoms with Gasteiger partial charge in [0.2, 0.25) is 0 Å². The van der Waals surface area contributed by atoms with Crippen LogP contribution in [0.15, 0.2) is 58.4 Å². The smallest absolute Gasteiger partial charge is 0.254 e. The zero-order valence-electron chi connectivity index (χ0n) is 17.8. The molecule has 3 rings (SSSR count). The monoisotopic (exact) mass is 443 g/mol. The first-order valence-electron chi connectivity index (χ1n) is 9.63. The average molecular weight is 444 g/mol. The van der Waals surface area contributed by atoms with Gasteiger partial charge in [0, 0.05) is 23.4 Å². The van der Waals surface area contributed by atoms with Crippen LogP contribution in [-0.2, 0) is 11.0 Å². The van der Waals surface area contributed by atoms with Crippen LogP contribution in [-0.4, -0.2) is 50.4 Å². The van der Waals surface area contributed by atoms with Crippen LogP contribution >= 0.6 is 0 Å². The highest BCUT2D eigenvalue weighted by Crippen LogP contribution is 2.32. The van der Waals surface area contributed by atoms with E-state index in [4.69, 9.17) is 9.47 Å². The van der Waals surface area contributed by atoms with E-state index in [-0.39, 0.29) is 12.2 Å². The third-order valence-electron chi connectivity index (χ3n) is 4.32. The minimum absolute atomic E-state index is 0.148. The fraction of sp³-hybridized carbons (Fsp3) is 0.273. The van der Waals surface area contributed by atoms with E-state index in [0.717, 1.165) is 0 Å². The van der Waals surface area contributed by atoms with Gasteiger partial charge in [-0.05, 0) is 64.3 Å². The number of aliphatic hydroxyl groups excluding tert-OH is 1. The lowest BCUT2D eigenvalue weighted by atomic mass is 10.1. The van der Waals surface area contributed by atoms with Crippen molar-refractivity contribution in [2.75, 3.05) is 20.7 Å². The number of hydrogen-bond acceptors (Lipinski definition) is 6. The van der Waals surface area contributed by atoms with E-state index in [9.17, 15) is 14.1 Å². The van der Waals surface area contributed by atoms with Crippen LogP contribution in [0.2, 0.25) is 0 Å². The van der Waals surface area contributed by atoms with Crippen LogP contribution in [0.25, 0.3) is 11.4 Å². The summed E-state index contributed by atoms with van der Waals surface area (Å²) in [4.78, 5) is 19.7. The summed E-state index contributed by atoms with van der Waals surface area (Å²) in [6.45, 7) is 3.27. The zero-order chi connectivity index (χ0) is 22.5. The van der Waals surface area contributed by atoms with Gasteiger partial charge in [-0.1, -0.05) is 0 Å². The van der Waals surface area contributed by atoms with Gasteiger partial charge in [-0.25, -0.2) is 13.5 Å². The van der Waals surface area contributed by atoms with Gasteiger partial charge in [0.05, 0.1) is 11.5 Å². The number of rotatable bonds is 8. The molecule has 0 saturated heterocycles. The summed E-state index contributed by atoms with van der Waals surface area (Å²) in [5, 5.41) is 9.32. The Labute approximate surface area is 183 Å². The first-order valence-corrected chi connectivity index (χ1v) is 10.7. The van der Waals surface area contributed by atoms with Crippen LogP contribution < -0.4 is 15.0 Å². The Morgan fingerprint density at radius 2 is 1.81 bits per heavy atom. The van der Waals surface area contributed by atoms with Crippen molar-refractivity contribution in [2.45, 2.75) is 24.8 Å². The number of aliphatic hydroxyl groups is 1. The SMILES string of the molecule is Cc1cnc(-c2cc(Oc3ccc(S(=O)N(C)C)cc3)cc(OC(C)CO)c2)[nH]c1=O. The van der Waals surface area contributed by atoms with Gasteiger partial charge in [-0.3, -0.25) is 4.79 Å². The molecule has 2 atom stereocenters. The van der Waals surface area contributed by atoms with E-state index in [1.807, 2.05) is 0 Å². The molecule has 31 heavy (non-hydrogen) atoms. The molecule has 2 aromatic carbocycles. The number of ether oxygens (including phenoxy) is 2. The maximum absolute atomic E-state index is 12.2. The second-order valence-electron chi connectivity index (χ2n) is 7.18. The lowest BCUT2D eigenvalue weighted by Gasteiger charge is -2.15. The molecule has 3 aromatic rings. The topological polar surface area (TPSA) is 105 Å². The maximum atomic E-state index is 12.2. The Morgan fingerprint density at radius 1 is 1.13 bits per heavy atom. The van der Waals surface area contributed by atoms with Crippen LogP contribution in [0.3, 0.4) is 0 Å². The molecule has 0 spiro atoms. The van der Waals surface area contributed by atoms with Crippen LogP contribution in [0, 0.1) is 6.92 Å². The Hall–Kier alpha value is -3.01. The fourth-order valence-corrected chi connectivity index (χ4v) is 3.47. The highest BCUT2D eigenvalue weighted by molar-refractivity contribution is 7.82. The molecule has 0 saturated carbocycles. The second kappa shape index (κ2) is 9.86. The third-order valence-corrected chi connectivity index (χ3v) is 5.66. The number of benzene rings is 2. The number of nitrogens with zero attached hydrogens (tertiary/aromatic N) is 2. The summed E-state index contributed by atoms with van der Waals surface area (Å²) < 4.78 is 25.5. The first-order chi connectivity index (χ1) is 14.8. The van der Waals surface area contributed by atoms with Crippen LogP contribution in [0.1, 0.15) is 12.5 Å². The summed E-state index contributed by atoms with van der Waals surface area (Å²) in [6.07, 6.45) is 1.08. The highest BCUT2D eigenvalue weighted by Gasteiger charge is 2.12. The Kier molecular flexibility index (Phi) is 7.21. The standard InChI is InChI=1S/C22H25N3O5S/c1-14-12-23-21(24-22(14)27)16-9-18(29-15(2)13-26)11-19(10-16)30-17-5-7-20(8-6-17)31(28)25(3)4/h5-12,15,26H,13H2,1-4H3,(H,23,24,27). The fourth-order valence-electron chi connectivity index (χ4n) is 2.68. The van der Waals surface area contributed by atoms with Crippen molar-refractivity contribution in [2.24, 2.45) is 0 Å². The molecule has 2 unspecified atom stereocenters. The van der Waals surface area contributed by atoms with Crippen molar-refractivity contribution >= 4 is 11.0 Å². The first kappa shape index (κ1) is 22.7. The van der Waals surface area contributed by atoms with Crippen molar-refractivity contribution < 1.29 is 18.8 Å². The van der Waals surface area contributed by atoms with Gasteiger partial charge in [0.25, 0.3) is 5.56 Å². The molecule has 1 heterocycles. The van der Waals surface area contributed by atoms with Crippen molar-refractivity contribution in [1.82, 2.24) is 14.3 Å². The molecule has 0 aliphatic rings. The molecule has 8 nitrogen and oxygen atoms in total. The lowest BCUT2D eigenvalue weighted by Crippen LogP contribution is -2.16. The molecule has 0 bridgehead atoms. The van der Waals surface area contributed by atoms with Crippen LogP contribution in [0.5, 0.6) is 17.2 Å². The molecule has 2 N–H and O–H groups in total. The molecular weight excluding hydrogens is 418 g/mol. The van der Waals surface area contributed by atoms with Gasteiger partial charge >= 0.3 is 0 Å². The normalized spacial score (nSPS) is 13.1. The number of nitrogens with one attached hydrogen (secondary N) is 1. The van der Waals surface area contributed by atoms with E-state index in [1.165, 1.54) is 6.20 Å². The molecule has 164 valence electrons. The molecule has 0 fully saturated rings. The summed E-state index contributed by atoms with van der Waals surface area (Å²) in [7, 11) is 2.24. The maximum Gasteiger partial charge on any atom is 0.254 e. The second-order valence-corrected chi connectivity index (χ2v) is 8.88. The minimum atomic E-state index is -1.24. The molecule has 0 amide bonds.